The lowest BCUT2D eigenvalue weighted by atomic mass is 9.84. The first kappa shape index (κ1) is 17.2. The second kappa shape index (κ2) is 10.6. The van der Waals surface area contributed by atoms with E-state index in [1.165, 1.54) is 63.4 Å². The summed E-state index contributed by atoms with van der Waals surface area (Å²) in [5.74, 6) is 0.975. The van der Waals surface area contributed by atoms with Gasteiger partial charge in [0.2, 0.25) is 0 Å². The Kier molecular flexibility index (Phi) is 8.30. The molecular formula is C21H32O. The van der Waals surface area contributed by atoms with Gasteiger partial charge in [0.25, 0.3) is 0 Å². The van der Waals surface area contributed by atoms with Gasteiger partial charge in [-0.1, -0.05) is 75.3 Å². The van der Waals surface area contributed by atoms with Crippen LogP contribution in [0.15, 0.2) is 30.3 Å². The first-order valence-corrected chi connectivity index (χ1v) is 9.43. The van der Waals surface area contributed by atoms with Gasteiger partial charge in [0.15, 0.2) is 0 Å². The van der Waals surface area contributed by atoms with E-state index in [0.29, 0.717) is 11.7 Å². The summed E-state index contributed by atoms with van der Waals surface area (Å²) in [6, 6.07) is 10.8. The minimum absolute atomic E-state index is 0.416. The molecule has 1 aliphatic rings. The number of hydrogen-bond acceptors (Lipinski definition) is 1. The summed E-state index contributed by atoms with van der Waals surface area (Å²) in [6.45, 7) is 0. The van der Waals surface area contributed by atoms with E-state index >= 15 is 0 Å². The summed E-state index contributed by atoms with van der Waals surface area (Å²) >= 11 is 0. The highest BCUT2D eigenvalue weighted by Crippen LogP contribution is 2.26. The minimum Gasteiger partial charge on any atom is -0.299 e. The van der Waals surface area contributed by atoms with Crippen molar-refractivity contribution in [3.8, 4) is 0 Å². The summed E-state index contributed by atoms with van der Waals surface area (Å²) in [5, 5.41) is 0. The Hall–Kier alpha value is -1.11. The van der Waals surface area contributed by atoms with Crippen LogP contribution in [-0.2, 0) is 11.2 Å². The van der Waals surface area contributed by atoms with Crippen molar-refractivity contribution in [1.82, 2.24) is 0 Å². The fraction of sp³-hybridized carbons (Fsp3) is 0.667. The predicted molar refractivity (Wildman–Crippen MR) is 94.0 cm³/mol. The lowest BCUT2D eigenvalue weighted by Crippen LogP contribution is -2.17. The zero-order chi connectivity index (χ0) is 15.5. The number of carbonyl (C=O) groups is 1. The molecule has 1 aromatic carbocycles. The van der Waals surface area contributed by atoms with Crippen molar-refractivity contribution >= 4 is 5.78 Å². The van der Waals surface area contributed by atoms with E-state index in [0.717, 1.165) is 25.7 Å². The number of aryl methyl sites for hydroxylation is 1. The molecule has 0 saturated heterocycles. The van der Waals surface area contributed by atoms with Gasteiger partial charge in [0.1, 0.15) is 5.78 Å². The Morgan fingerprint density at radius 1 is 0.818 bits per heavy atom. The topological polar surface area (TPSA) is 17.1 Å². The van der Waals surface area contributed by atoms with Crippen LogP contribution in [-0.4, -0.2) is 5.78 Å². The van der Waals surface area contributed by atoms with Gasteiger partial charge < -0.3 is 0 Å². The molecule has 2 rings (SSSR count). The molecule has 0 aromatic heterocycles. The third kappa shape index (κ3) is 6.77. The van der Waals surface area contributed by atoms with Gasteiger partial charge in [0.05, 0.1) is 0 Å². The van der Waals surface area contributed by atoms with E-state index in [2.05, 4.69) is 30.3 Å². The van der Waals surface area contributed by atoms with E-state index in [9.17, 15) is 4.79 Å². The van der Waals surface area contributed by atoms with Gasteiger partial charge in [-0.2, -0.15) is 0 Å². The SMILES string of the molecule is O=C(CCCCCCCCc1ccccc1)C1CCCCC1. The Balaban J connectivity index is 1.42. The second-order valence-corrected chi connectivity index (χ2v) is 6.91. The molecule has 0 bridgehead atoms. The molecule has 0 spiro atoms. The summed E-state index contributed by atoms with van der Waals surface area (Å²) in [7, 11) is 0. The molecule has 1 aromatic rings. The molecule has 0 aliphatic heterocycles. The van der Waals surface area contributed by atoms with Crippen LogP contribution in [0.3, 0.4) is 0 Å². The van der Waals surface area contributed by atoms with Crippen molar-refractivity contribution in [3.05, 3.63) is 35.9 Å². The van der Waals surface area contributed by atoms with E-state index in [-0.39, 0.29) is 0 Å². The Labute approximate surface area is 136 Å². The standard InChI is InChI=1S/C21H32O/c22-21(20-16-10-6-11-17-20)18-12-4-2-1-3-7-13-19-14-8-5-9-15-19/h5,8-9,14-15,20H,1-4,6-7,10-13,16-18H2. The molecule has 0 radical (unpaired) electrons. The van der Waals surface area contributed by atoms with Crippen molar-refractivity contribution in [2.75, 3.05) is 0 Å². The smallest absolute Gasteiger partial charge is 0.135 e. The molecular weight excluding hydrogens is 268 g/mol. The first-order valence-electron chi connectivity index (χ1n) is 9.43. The van der Waals surface area contributed by atoms with Crippen LogP contribution in [0, 0.1) is 5.92 Å². The predicted octanol–water partition coefficient (Wildman–Crippen LogP) is 6.11. The molecule has 1 heteroatoms. The molecule has 0 atom stereocenters. The van der Waals surface area contributed by atoms with E-state index in [1.807, 2.05) is 0 Å². The summed E-state index contributed by atoms with van der Waals surface area (Å²) < 4.78 is 0. The average molecular weight is 300 g/mol. The molecule has 122 valence electrons. The molecule has 22 heavy (non-hydrogen) atoms. The molecule has 0 N–H and O–H groups in total. The Morgan fingerprint density at radius 2 is 1.45 bits per heavy atom. The zero-order valence-electron chi connectivity index (χ0n) is 14.1. The molecule has 1 saturated carbocycles. The molecule has 0 heterocycles. The van der Waals surface area contributed by atoms with Gasteiger partial charge in [-0.3, -0.25) is 4.79 Å². The number of carbonyl (C=O) groups excluding carboxylic acids is 1. The highest BCUT2D eigenvalue weighted by molar-refractivity contribution is 5.80. The third-order valence-electron chi connectivity index (χ3n) is 5.04. The Morgan fingerprint density at radius 3 is 2.18 bits per heavy atom. The molecule has 1 fully saturated rings. The van der Waals surface area contributed by atoms with Crippen LogP contribution in [0.4, 0.5) is 0 Å². The number of Topliss-reactive ketones (excluding diaryl/α,β-unsaturated/α-hetero) is 1. The summed E-state index contributed by atoms with van der Waals surface area (Å²) in [5.41, 5.74) is 1.46. The van der Waals surface area contributed by atoms with Crippen molar-refractivity contribution in [2.24, 2.45) is 5.92 Å². The van der Waals surface area contributed by atoms with Crippen molar-refractivity contribution < 1.29 is 4.79 Å². The van der Waals surface area contributed by atoms with Crippen molar-refractivity contribution in [1.29, 1.82) is 0 Å². The molecule has 1 aliphatic carbocycles. The van der Waals surface area contributed by atoms with Crippen LogP contribution in [0.1, 0.15) is 82.6 Å². The number of unbranched alkanes of at least 4 members (excludes halogenated alkanes) is 5. The molecule has 0 amide bonds. The lowest BCUT2D eigenvalue weighted by molar-refractivity contribution is -0.123. The van der Waals surface area contributed by atoms with Crippen molar-refractivity contribution in [2.45, 2.75) is 83.5 Å². The number of rotatable bonds is 10. The maximum absolute atomic E-state index is 12.1. The summed E-state index contributed by atoms with van der Waals surface area (Å²) in [6.07, 6.45) is 15.9. The van der Waals surface area contributed by atoms with E-state index < -0.39 is 0 Å². The quantitative estimate of drug-likeness (QED) is 0.476. The normalized spacial score (nSPS) is 15.8. The largest absolute Gasteiger partial charge is 0.299 e. The third-order valence-corrected chi connectivity index (χ3v) is 5.04. The van der Waals surface area contributed by atoms with Crippen LogP contribution in [0.25, 0.3) is 0 Å². The van der Waals surface area contributed by atoms with Crippen LogP contribution < -0.4 is 0 Å². The Bertz CT molecular complexity index is 403. The second-order valence-electron chi connectivity index (χ2n) is 6.91. The van der Waals surface area contributed by atoms with Gasteiger partial charge >= 0.3 is 0 Å². The lowest BCUT2D eigenvalue weighted by Gasteiger charge is -2.20. The number of hydrogen-bond donors (Lipinski definition) is 0. The van der Waals surface area contributed by atoms with Crippen LogP contribution >= 0.6 is 0 Å². The van der Waals surface area contributed by atoms with Gasteiger partial charge in [0, 0.05) is 12.3 Å². The van der Waals surface area contributed by atoms with Gasteiger partial charge in [-0.25, -0.2) is 0 Å². The first-order chi connectivity index (χ1) is 10.9. The molecule has 0 unspecified atom stereocenters. The van der Waals surface area contributed by atoms with Crippen LogP contribution in [0.2, 0.25) is 0 Å². The monoisotopic (exact) mass is 300 g/mol. The van der Waals surface area contributed by atoms with Crippen LogP contribution in [0.5, 0.6) is 0 Å². The zero-order valence-corrected chi connectivity index (χ0v) is 14.1. The van der Waals surface area contributed by atoms with E-state index in [1.54, 1.807) is 0 Å². The fourth-order valence-corrected chi connectivity index (χ4v) is 3.61. The minimum atomic E-state index is 0.416. The number of benzene rings is 1. The van der Waals surface area contributed by atoms with E-state index in [4.69, 9.17) is 0 Å². The average Bonchev–Trinajstić information content (AvgIpc) is 2.59. The van der Waals surface area contributed by atoms with Crippen molar-refractivity contribution in [3.63, 3.8) is 0 Å². The maximum atomic E-state index is 12.1. The maximum Gasteiger partial charge on any atom is 0.135 e. The molecule has 1 nitrogen and oxygen atoms in total. The number of ketones is 1. The summed E-state index contributed by atoms with van der Waals surface area (Å²) in [4.78, 5) is 12.1. The van der Waals surface area contributed by atoms with Gasteiger partial charge in [-0.05, 0) is 37.7 Å². The highest BCUT2D eigenvalue weighted by Gasteiger charge is 2.19. The fourth-order valence-electron chi connectivity index (χ4n) is 3.61. The van der Waals surface area contributed by atoms with Gasteiger partial charge in [-0.15, -0.1) is 0 Å². The highest BCUT2D eigenvalue weighted by atomic mass is 16.1.